The van der Waals surface area contributed by atoms with E-state index >= 15 is 0 Å². The first-order chi connectivity index (χ1) is 8.60. The van der Waals surface area contributed by atoms with Gasteiger partial charge in [-0.25, -0.2) is 4.98 Å². The summed E-state index contributed by atoms with van der Waals surface area (Å²) in [4.78, 5) is 5.52. The lowest BCUT2D eigenvalue weighted by Crippen LogP contribution is -2.03. The lowest BCUT2D eigenvalue weighted by atomic mass is 10.1. The molecule has 0 aliphatic heterocycles. The molecule has 2 rings (SSSR count). The Bertz CT molecular complexity index is 529. The Hall–Kier alpha value is -1.26. The highest BCUT2D eigenvalue weighted by Crippen LogP contribution is 2.29. The third-order valence-corrected chi connectivity index (χ3v) is 3.78. The van der Waals surface area contributed by atoms with Gasteiger partial charge in [0.15, 0.2) is 0 Å². The Morgan fingerprint density at radius 3 is 2.61 bits per heavy atom. The maximum absolute atomic E-state index is 5.58. The van der Waals surface area contributed by atoms with Gasteiger partial charge in [0.25, 0.3) is 5.22 Å². The van der Waals surface area contributed by atoms with Gasteiger partial charge < -0.3 is 10.2 Å². The van der Waals surface area contributed by atoms with Crippen LogP contribution in [0, 0.1) is 20.8 Å². The van der Waals surface area contributed by atoms with Crippen LogP contribution in [0.25, 0.3) is 0 Å². The fraction of sp³-hybridized carbons (Fsp3) is 0.357. The second-order valence-corrected chi connectivity index (χ2v) is 5.38. The van der Waals surface area contributed by atoms with Crippen LogP contribution in [0.15, 0.2) is 32.7 Å². The molecule has 1 aromatic carbocycles. The molecule has 0 aliphatic rings. The largest absolute Gasteiger partial charge is 0.436 e. The van der Waals surface area contributed by atoms with Crippen molar-refractivity contribution < 1.29 is 4.42 Å². The second-order valence-electron chi connectivity index (χ2n) is 4.35. The number of oxazole rings is 1. The Labute approximate surface area is 112 Å². The number of hydrogen-bond donors (Lipinski definition) is 1. The van der Waals surface area contributed by atoms with Gasteiger partial charge in [-0.2, -0.15) is 0 Å². The van der Waals surface area contributed by atoms with Crippen molar-refractivity contribution in [1.82, 2.24) is 4.98 Å². The summed E-state index contributed by atoms with van der Waals surface area (Å²) in [7, 11) is 0. The van der Waals surface area contributed by atoms with Crippen LogP contribution in [0.3, 0.4) is 0 Å². The molecule has 0 radical (unpaired) electrons. The van der Waals surface area contributed by atoms with Gasteiger partial charge in [-0.3, -0.25) is 0 Å². The van der Waals surface area contributed by atoms with Crippen LogP contribution in [-0.4, -0.2) is 11.5 Å². The van der Waals surface area contributed by atoms with E-state index in [0.717, 1.165) is 22.8 Å². The molecule has 0 atom stereocenters. The van der Waals surface area contributed by atoms with Crippen molar-refractivity contribution in [3.63, 3.8) is 0 Å². The van der Waals surface area contributed by atoms with E-state index < -0.39 is 0 Å². The van der Waals surface area contributed by atoms with Gasteiger partial charge in [-0.1, -0.05) is 6.07 Å². The van der Waals surface area contributed by atoms with Crippen LogP contribution in [0.5, 0.6) is 0 Å². The van der Waals surface area contributed by atoms with Crippen LogP contribution >= 0.6 is 11.8 Å². The van der Waals surface area contributed by atoms with E-state index in [0.29, 0.717) is 11.8 Å². The lowest BCUT2D eigenvalue weighted by molar-refractivity contribution is 0.431. The maximum atomic E-state index is 5.58. The van der Waals surface area contributed by atoms with Crippen molar-refractivity contribution in [3.8, 4) is 0 Å². The predicted octanol–water partition coefficient (Wildman–Crippen LogP) is 3.25. The Kier molecular flexibility index (Phi) is 4.09. The Morgan fingerprint density at radius 2 is 2.06 bits per heavy atom. The molecule has 3 nitrogen and oxygen atoms in total. The highest BCUT2D eigenvalue weighted by molar-refractivity contribution is 7.99. The van der Waals surface area contributed by atoms with Gasteiger partial charge in [-0.05, 0) is 68.8 Å². The number of hydrogen-bond acceptors (Lipinski definition) is 4. The van der Waals surface area contributed by atoms with Crippen molar-refractivity contribution in [2.75, 3.05) is 6.54 Å². The lowest BCUT2D eigenvalue weighted by Gasteiger charge is -2.05. The first-order valence-corrected chi connectivity index (χ1v) is 6.83. The minimum atomic E-state index is 0.686. The predicted molar refractivity (Wildman–Crippen MR) is 74.0 cm³/mol. The summed E-state index contributed by atoms with van der Waals surface area (Å²) in [6.45, 7) is 6.69. The highest BCUT2D eigenvalue weighted by atomic mass is 32.2. The zero-order valence-electron chi connectivity index (χ0n) is 11.0. The van der Waals surface area contributed by atoms with Gasteiger partial charge >= 0.3 is 0 Å². The standard InChI is InChI=1S/C14H18N2OS/c1-9-8-13(5-4-12(9)6-7-15)18-14-16-10(2)11(3)17-14/h4-5,8H,6-7,15H2,1-3H3. The SMILES string of the molecule is Cc1cc(Sc2nc(C)c(C)o2)ccc1CCN. The summed E-state index contributed by atoms with van der Waals surface area (Å²) in [6, 6.07) is 6.38. The summed E-state index contributed by atoms with van der Waals surface area (Å²) < 4.78 is 5.57. The number of benzene rings is 1. The zero-order valence-corrected chi connectivity index (χ0v) is 11.8. The average molecular weight is 262 g/mol. The summed E-state index contributed by atoms with van der Waals surface area (Å²) >= 11 is 1.55. The summed E-state index contributed by atoms with van der Waals surface area (Å²) in [5.41, 5.74) is 9.11. The molecule has 2 aromatic rings. The molecule has 0 saturated heterocycles. The molecule has 0 amide bonds. The van der Waals surface area contributed by atoms with E-state index in [-0.39, 0.29) is 0 Å². The molecule has 2 N–H and O–H groups in total. The first kappa shape index (κ1) is 13.2. The van der Waals surface area contributed by atoms with E-state index in [1.165, 1.54) is 11.1 Å². The number of nitrogens with zero attached hydrogens (tertiary/aromatic N) is 1. The molecule has 1 aromatic heterocycles. The highest BCUT2D eigenvalue weighted by Gasteiger charge is 2.08. The minimum absolute atomic E-state index is 0.686. The van der Waals surface area contributed by atoms with Crippen LogP contribution in [0.2, 0.25) is 0 Å². The molecule has 96 valence electrons. The fourth-order valence-electron chi connectivity index (χ4n) is 1.76. The van der Waals surface area contributed by atoms with Gasteiger partial charge in [0.2, 0.25) is 0 Å². The molecule has 0 aliphatic carbocycles. The number of aryl methyl sites for hydroxylation is 3. The molecule has 0 unspecified atom stereocenters. The van der Waals surface area contributed by atoms with E-state index in [4.69, 9.17) is 10.2 Å². The van der Waals surface area contributed by atoms with Crippen LogP contribution in [0.1, 0.15) is 22.6 Å². The molecular formula is C14H18N2OS. The third-order valence-electron chi connectivity index (χ3n) is 2.94. The van der Waals surface area contributed by atoms with Crippen molar-refractivity contribution in [1.29, 1.82) is 0 Å². The van der Waals surface area contributed by atoms with Gasteiger partial charge in [0.1, 0.15) is 5.76 Å². The first-order valence-electron chi connectivity index (χ1n) is 6.01. The van der Waals surface area contributed by atoms with Crippen molar-refractivity contribution in [2.45, 2.75) is 37.3 Å². The Morgan fingerprint density at radius 1 is 1.28 bits per heavy atom. The molecule has 0 saturated carbocycles. The minimum Gasteiger partial charge on any atom is -0.436 e. The summed E-state index contributed by atoms with van der Waals surface area (Å²) in [5.74, 6) is 0.883. The number of rotatable bonds is 4. The zero-order chi connectivity index (χ0) is 13.1. The number of aromatic nitrogens is 1. The van der Waals surface area contributed by atoms with Crippen molar-refractivity contribution >= 4 is 11.8 Å². The Balaban J connectivity index is 2.17. The van der Waals surface area contributed by atoms with Crippen molar-refractivity contribution in [2.24, 2.45) is 5.73 Å². The molecule has 0 spiro atoms. The quantitative estimate of drug-likeness (QED) is 0.919. The molecule has 4 heteroatoms. The van der Waals surface area contributed by atoms with Crippen LogP contribution in [-0.2, 0) is 6.42 Å². The second kappa shape index (κ2) is 5.59. The van der Waals surface area contributed by atoms with Crippen molar-refractivity contribution in [3.05, 3.63) is 40.8 Å². The summed E-state index contributed by atoms with van der Waals surface area (Å²) in [6.07, 6.45) is 0.925. The molecule has 0 fully saturated rings. The molecule has 1 heterocycles. The third kappa shape index (κ3) is 2.94. The smallest absolute Gasteiger partial charge is 0.260 e. The number of nitrogens with two attached hydrogens (primary N) is 1. The van der Waals surface area contributed by atoms with Crippen LogP contribution < -0.4 is 5.73 Å². The normalized spacial score (nSPS) is 10.9. The summed E-state index contributed by atoms with van der Waals surface area (Å²) in [5, 5.41) is 0.705. The topological polar surface area (TPSA) is 52.0 Å². The molecular weight excluding hydrogens is 244 g/mol. The van der Waals surface area contributed by atoms with E-state index in [9.17, 15) is 0 Å². The van der Waals surface area contributed by atoms with E-state index in [1.54, 1.807) is 11.8 Å². The fourth-order valence-corrected chi connectivity index (χ4v) is 2.68. The van der Waals surface area contributed by atoms with Gasteiger partial charge in [0.05, 0.1) is 5.69 Å². The van der Waals surface area contributed by atoms with E-state index in [1.807, 2.05) is 13.8 Å². The molecule has 0 bridgehead atoms. The van der Waals surface area contributed by atoms with Gasteiger partial charge in [-0.15, -0.1) is 0 Å². The monoisotopic (exact) mass is 262 g/mol. The van der Waals surface area contributed by atoms with E-state index in [2.05, 4.69) is 30.1 Å². The molecule has 18 heavy (non-hydrogen) atoms. The maximum Gasteiger partial charge on any atom is 0.260 e. The van der Waals surface area contributed by atoms with Gasteiger partial charge in [0, 0.05) is 4.90 Å². The average Bonchev–Trinajstić information content (AvgIpc) is 2.62. The van der Waals surface area contributed by atoms with Crippen LogP contribution in [0.4, 0.5) is 0 Å².